The van der Waals surface area contributed by atoms with Crippen molar-refractivity contribution in [1.29, 1.82) is 0 Å². The van der Waals surface area contributed by atoms with Crippen LogP contribution in [0.4, 0.5) is 5.69 Å². The number of sulfonamides is 1. The fourth-order valence-electron chi connectivity index (χ4n) is 2.62. The van der Waals surface area contributed by atoms with Crippen LogP contribution in [0.2, 0.25) is 0 Å². The maximum absolute atomic E-state index is 11.8. The van der Waals surface area contributed by atoms with E-state index < -0.39 is 10.0 Å². The van der Waals surface area contributed by atoms with E-state index in [2.05, 4.69) is 22.3 Å². The fourth-order valence-corrected chi connectivity index (χ4v) is 3.53. The lowest BCUT2D eigenvalue weighted by Crippen LogP contribution is -2.24. The first-order valence-corrected chi connectivity index (χ1v) is 10.4. The van der Waals surface area contributed by atoms with Crippen molar-refractivity contribution in [3.05, 3.63) is 48.2 Å². The van der Waals surface area contributed by atoms with Gasteiger partial charge in [0.1, 0.15) is 5.75 Å². The maximum atomic E-state index is 11.8. The SMILES string of the molecule is CS(=O)(=O)Nc1ccc(Oc2ccc(CN3C[C@H](S)CC3=O)cn2)cc1. The smallest absolute Gasteiger partial charge is 0.229 e. The van der Waals surface area contributed by atoms with E-state index in [0.29, 0.717) is 36.8 Å². The Morgan fingerprint density at radius 1 is 1.27 bits per heavy atom. The van der Waals surface area contributed by atoms with Gasteiger partial charge in [-0.15, -0.1) is 0 Å². The second-order valence-electron chi connectivity index (χ2n) is 6.14. The number of aromatic nitrogens is 1. The highest BCUT2D eigenvalue weighted by Gasteiger charge is 2.26. The molecular formula is C17H19N3O4S2. The predicted molar refractivity (Wildman–Crippen MR) is 102 cm³/mol. The molecule has 2 aromatic rings. The number of likely N-dealkylation sites (tertiary alicyclic amines) is 1. The molecule has 2 heterocycles. The third-order valence-electron chi connectivity index (χ3n) is 3.75. The van der Waals surface area contributed by atoms with E-state index in [1.54, 1.807) is 41.4 Å². The van der Waals surface area contributed by atoms with Crippen molar-refractivity contribution in [2.75, 3.05) is 17.5 Å². The summed E-state index contributed by atoms with van der Waals surface area (Å²) in [6, 6.07) is 10.1. The second-order valence-corrected chi connectivity index (χ2v) is 8.62. The van der Waals surface area contributed by atoms with Gasteiger partial charge in [-0.25, -0.2) is 13.4 Å². The lowest BCUT2D eigenvalue weighted by Gasteiger charge is -2.15. The molecule has 0 bridgehead atoms. The van der Waals surface area contributed by atoms with Crippen LogP contribution in [0.1, 0.15) is 12.0 Å². The Hall–Kier alpha value is -2.26. The molecular weight excluding hydrogens is 374 g/mol. The van der Waals surface area contributed by atoms with Crippen LogP contribution in [0, 0.1) is 0 Å². The number of nitrogens with one attached hydrogen (secondary N) is 1. The number of amides is 1. The summed E-state index contributed by atoms with van der Waals surface area (Å²) in [4.78, 5) is 17.8. The van der Waals surface area contributed by atoms with Gasteiger partial charge in [0, 0.05) is 42.7 Å². The van der Waals surface area contributed by atoms with Gasteiger partial charge in [-0.1, -0.05) is 6.07 Å². The van der Waals surface area contributed by atoms with Crippen LogP contribution in [-0.2, 0) is 21.4 Å². The number of carbonyl (C=O) groups is 1. The number of nitrogens with zero attached hydrogens (tertiary/aromatic N) is 2. The molecule has 1 N–H and O–H groups in total. The van der Waals surface area contributed by atoms with Gasteiger partial charge in [-0.2, -0.15) is 12.6 Å². The monoisotopic (exact) mass is 393 g/mol. The lowest BCUT2D eigenvalue weighted by molar-refractivity contribution is -0.128. The number of anilines is 1. The summed E-state index contributed by atoms with van der Waals surface area (Å²) in [5.41, 5.74) is 1.38. The van der Waals surface area contributed by atoms with Gasteiger partial charge in [0.25, 0.3) is 0 Å². The zero-order chi connectivity index (χ0) is 18.7. The molecule has 3 rings (SSSR count). The first-order valence-electron chi connectivity index (χ1n) is 7.95. The summed E-state index contributed by atoms with van der Waals surface area (Å²) >= 11 is 4.34. The summed E-state index contributed by atoms with van der Waals surface area (Å²) in [7, 11) is -3.31. The van der Waals surface area contributed by atoms with Crippen LogP contribution in [0.3, 0.4) is 0 Å². The Kier molecular flexibility index (Phi) is 5.38. The minimum absolute atomic E-state index is 0.0956. The zero-order valence-corrected chi connectivity index (χ0v) is 15.8. The minimum atomic E-state index is -3.31. The van der Waals surface area contributed by atoms with Gasteiger partial charge in [-0.3, -0.25) is 9.52 Å². The first-order chi connectivity index (χ1) is 12.3. The van der Waals surface area contributed by atoms with Crippen molar-refractivity contribution in [2.24, 2.45) is 0 Å². The molecule has 0 radical (unpaired) electrons. The average molecular weight is 393 g/mol. The van der Waals surface area contributed by atoms with Crippen molar-refractivity contribution in [2.45, 2.75) is 18.2 Å². The molecule has 0 aliphatic carbocycles. The number of hydrogen-bond donors (Lipinski definition) is 2. The molecule has 0 unspecified atom stereocenters. The summed E-state index contributed by atoms with van der Waals surface area (Å²) in [5.74, 6) is 1.06. The molecule has 1 saturated heterocycles. The molecule has 7 nitrogen and oxygen atoms in total. The van der Waals surface area contributed by atoms with Crippen molar-refractivity contribution in [3.8, 4) is 11.6 Å². The molecule has 1 aliphatic rings. The van der Waals surface area contributed by atoms with Crippen LogP contribution < -0.4 is 9.46 Å². The normalized spacial score (nSPS) is 17.4. The number of benzene rings is 1. The number of hydrogen-bond acceptors (Lipinski definition) is 6. The average Bonchev–Trinajstić information content (AvgIpc) is 2.87. The highest BCUT2D eigenvalue weighted by Crippen LogP contribution is 2.23. The molecule has 9 heteroatoms. The molecule has 1 amide bonds. The summed E-state index contributed by atoms with van der Waals surface area (Å²) < 4.78 is 30.4. The molecule has 0 saturated carbocycles. The van der Waals surface area contributed by atoms with Crippen LogP contribution in [0.25, 0.3) is 0 Å². The molecule has 1 aromatic carbocycles. The summed E-state index contributed by atoms with van der Waals surface area (Å²) in [6.45, 7) is 1.16. The van der Waals surface area contributed by atoms with E-state index in [1.165, 1.54) is 0 Å². The van der Waals surface area contributed by atoms with E-state index in [9.17, 15) is 13.2 Å². The van der Waals surface area contributed by atoms with Gasteiger partial charge >= 0.3 is 0 Å². The first kappa shape index (κ1) is 18.5. The predicted octanol–water partition coefficient (Wildman–Crippen LogP) is 2.28. The van der Waals surface area contributed by atoms with Gasteiger partial charge in [0.05, 0.1) is 6.26 Å². The Balaban J connectivity index is 1.60. The summed E-state index contributed by atoms with van der Waals surface area (Å²) in [6.07, 6.45) is 3.24. The standard InChI is InChI=1S/C17H19N3O4S2/c1-26(22,23)19-13-3-5-14(6-4-13)24-16-7-2-12(9-18-16)10-20-11-15(25)8-17(20)21/h2-7,9,15,19,25H,8,10-11H2,1H3/t15-/m1/s1. The lowest BCUT2D eigenvalue weighted by atomic mass is 10.2. The van der Waals surface area contributed by atoms with Crippen molar-refractivity contribution >= 4 is 34.2 Å². The summed E-state index contributed by atoms with van der Waals surface area (Å²) in [5, 5.41) is 0.0956. The molecule has 1 atom stereocenters. The van der Waals surface area contributed by atoms with Gasteiger partial charge < -0.3 is 9.64 Å². The van der Waals surface area contributed by atoms with Crippen LogP contribution in [0.5, 0.6) is 11.6 Å². The second kappa shape index (κ2) is 7.55. The van der Waals surface area contributed by atoms with E-state index in [0.717, 1.165) is 11.8 Å². The highest BCUT2D eigenvalue weighted by molar-refractivity contribution is 7.92. The Morgan fingerprint density at radius 3 is 2.54 bits per heavy atom. The van der Waals surface area contributed by atoms with Crippen LogP contribution >= 0.6 is 12.6 Å². The molecule has 0 spiro atoms. The van der Waals surface area contributed by atoms with Gasteiger partial charge in [-0.05, 0) is 29.8 Å². The van der Waals surface area contributed by atoms with Gasteiger partial charge in [0.2, 0.25) is 21.8 Å². The fraction of sp³-hybridized carbons (Fsp3) is 0.294. The molecule has 138 valence electrons. The van der Waals surface area contributed by atoms with Crippen molar-refractivity contribution in [1.82, 2.24) is 9.88 Å². The van der Waals surface area contributed by atoms with Crippen LogP contribution in [0.15, 0.2) is 42.6 Å². The highest BCUT2D eigenvalue weighted by atomic mass is 32.2. The van der Waals surface area contributed by atoms with E-state index in [1.807, 2.05) is 6.07 Å². The zero-order valence-electron chi connectivity index (χ0n) is 14.1. The molecule has 1 fully saturated rings. The van der Waals surface area contributed by atoms with E-state index >= 15 is 0 Å². The van der Waals surface area contributed by atoms with Crippen molar-refractivity contribution in [3.63, 3.8) is 0 Å². The molecule has 1 aromatic heterocycles. The molecule has 1 aliphatic heterocycles. The topological polar surface area (TPSA) is 88.6 Å². The third kappa shape index (κ3) is 5.12. The largest absolute Gasteiger partial charge is 0.439 e. The number of pyridine rings is 1. The van der Waals surface area contributed by atoms with E-state index in [-0.39, 0.29) is 11.2 Å². The number of carbonyl (C=O) groups excluding carboxylic acids is 1. The van der Waals surface area contributed by atoms with Crippen molar-refractivity contribution < 1.29 is 17.9 Å². The number of rotatable bonds is 6. The Labute approximate surface area is 157 Å². The van der Waals surface area contributed by atoms with E-state index in [4.69, 9.17) is 4.74 Å². The number of thiol groups is 1. The quantitative estimate of drug-likeness (QED) is 0.735. The Morgan fingerprint density at radius 2 is 2.00 bits per heavy atom. The van der Waals surface area contributed by atoms with Gasteiger partial charge in [0.15, 0.2) is 0 Å². The number of ether oxygens (including phenoxy) is 1. The molecule has 26 heavy (non-hydrogen) atoms. The minimum Gasteiger partial charge on any atom is -0.439 e. The van der Waals surface area contributed by atoms with Crippen LogP contribution in [-0.4, -0.2) is 42.3 Å². The maximum Gasteiger partial charge on any atom is 0.229 e. The third-order valence-corrected chi connectivity index (χ3v) is 4.70. The Bertz CT molecular complexity index is 883.